The molecule has 5 heterocycles. The van der Waals surface area contributed by atoms with Crippen LogP contribution in [0.4, 0.5) is 33.2 Å². The molecule has 0 spiro atoms. The molecule has 0 bridgehead atoms. The Bertz CT molecular complexity index is 3560. The van der Waals surface area contributed by atoms with E-state index >= 15 is 0 Å². The largest absolute Gasteiger partial charge is 0.493 e. The van der Waals surface area contributed by atoms with Crippen molar-refractivity contribution in [3.05, 3.63) is 106 Å². The number of rotatable bonds is 27. The smallest absolute Gasteiger partial charge is 0.416 e. The van der Waals surface area contributed by atoms with E-state index < -0.39 is 120 Å². The molecule has 9 atom stereocenters. The number of anilines is 4. The topological polar surface area (TPSA) is 436 Å². The van der Waals surface area contributed by atoms with Crippen LogP contribution in [0.1, 0.15) is 105 Å². The van der Waals surface area contributed by atoms with Crippen LogP contribution in [0.2, 0.25) is 0 Å². The predicted octanol–water partition coefficient (Wildman–Crippen LogP) is 2.80. The molecule has 2 fully saturated rings. The van der Waals surface area contributed by atoms with Gasteiger partial charge in [-0.2, -0.15) is 0 Å². The number of hydrogen-bond donors (Lipinski definition) is 10. The molecule has 8 rings (SSSR count). The molecule has 0 aliphatic carbocycles. The highest BCUT2D eigenvalue weighted by molar-refractivity contribution is 6.13. The van der Waals surface area contributed by atoms with Gasteiger partial charge in [-0.1, -0.05) is 26.3 Å². The van der Waals surface area contributed by atoms with Crippen molar-refractivity contribution >= 4 is 87.8 Å². The quantitative estimate of drug-likeness (QED) is 0.0178. The van der Waals surface area contributed by atoms with Gasteiger partial charge in [0.1, 0.15) is 42.7 Å². The second-order valence-electron chi connectivity index (χ2n) is 23.1. The summed E-state index contributed by atoms with van der Waals surface area (Å²) in [6.07, 6.45) is -5.82. The summed E-state index contributed by atoms with van der Waals surface area (Å²) < 4.78 is 29.3. The van der Waals surface area contributed by atoms with Crippen LogP contribution in [0.25, 0.3) is 0 Å². The van der Waals surface area contributed by atoms with E-state index in [0.717, 1.165) is 21.9 Å². The number of nitrogens with one attached hydrogen (secondary N) is 5. The Morgan fingerprint density at radius 2 is 1.45 bits per heavy atom. The SMILES string of the molecule is COc1cc2c(cc1OCCCC(=O)Nc1cc(C(=O)Nc3ccc(NC(=O)[C@H](C)NC(=O)[C@@H](NC(=O)CCCCCN4C(=O)C=CC4=O)C(C)C)cc3)n(C)c1)N(C(=O)OCc1ccc(O[C@@H]3O[C@H](C(=O)O)[C@@H](O)[C@H](O)[C@H]3O)c([N+](=O)[O-])c1)C(O)[C@@H]1CCCCN1C2=O. The van der Waals surface area contributed by atoms with Crippen LogP contribution in [0.15, 0.2) is 79.0 Å². The molecule has 94 heavy (non-hydrogen) atoms. The van der Waals surface area contributed by atoms with Crippen molar-refractivity contribution in [2.24, 2.45) is 13.0 Å². The lowest BCUT2D eigenvalue weighted by Crippen LogP contribution is -2.61. The van der Waals surface area contributed by atoms with Crippen LogP contribution < -0.4 is 45.7 Å². The fourth-order valence-electron chi connectivity index (χ4n) is 10.9. The summed E-state index contributed by atoms with van der Waals surface area (Å²) in [4.78, 5) is 144. The first-order valence-electron chi connectivity index (χ1n) is 30.2. The van der Waals surface area contributed by atoms with Gasteiger partial charge < -0.3 is 85.3 Å². The average molecular weight is 1310 g/mol. The first kappa shape index (κ1) is 69.9. The van der Waals surface area contributed by atoms with E-state index in [1.807, 2.05) is 0 Å². The maximum atomic E-state index is 14.2. The zero-order valence-electron chi connectivity index (χ0n) is 51.9. The fourth-order valence-corrected chi connectivity index (χ4v) is 10.9. The third-order valence-corrected chi connectivity index (χ3v) is 16.0. The predicted molar refractivity (Wildman–Crippen MR) is 329 cm³/mol. The molecule has 4 aliphatic rings. The summed E-state index contributed by atoms with van der Waals surface area (Å²) in [7, 11) is 2.93. The average Bonchev–Trinajstić information content (AvgIpc) is 1.57. The van der Waals surface area contributed by atoms with Crippen molar-refractivity contribution in [3.63, 3.8) is 0 Å². The second-order valence-corrected chi connectivity index (χ2v) is 23.1. The maximum absolute atomic E-state index is 14.2. The molecule has 4 aromatic rings. The minimum Gasteiger partial charge on any atom is -0.493 e. The van der Waals surface area contributed by atoms with Gasteiger partial charge in [0, 0.05) is 74.8 Å². The molecule has 0 radical (unpaired) electrons. The van der Waals surface area contributed by atoms with E-state index in [4.69, 9.17) is 23.7 Å². The number of hydrogen-bond acceptors (Lipinski definition) is 21. The van der Waals surface area contributed by atoms with Gasteiger partial charge >= 0.3 is 17.7 Å². The Morgan fingerprint density at radius 1 is 0.755 bits per heavy atom. The lowest BCUT2D eigenvalue weighted by molar-refractivity contribution is -0.387. The van der Waals surface area contributed by atoms with Crippen LogP contribution in [-0.4, -0.2) is 186 Å². The maximum Gasteiger partial charge on any atom is 0.416 e. The lowest BCUT2D eigenvalue weighted by atomic mass is 9.99. The number of carbonyl (C=O) groups is 10. The zero-order valence-corrected chi connectivity index (χ0v) is 51.9. The zero-order chi connectivity index (χ0) is 68.2. The number of aromatic nitrogens is 1. The number of carboxylic acids is 1. The normalized spacial score (nSPS) is 20.6. The highest BCUT2D eigenvalue weighted by Crippen LogP contribution is 2.42. The molecular weight excluding hydrogens is 1240 g/mol. The van der Waals surface area contributed by atoms with Crippen LogP contribution >= 0.6 is 0 Å². The number of unbranched alkanes of at least 4 members (excludes halogenated alkanes) is 2. The van der Waals surface area contributed by atoms with Gasteiger partial charge in [-0.05, 0) is 99.4 Å². The number of carbonyl (C=O) groups excluding carboxylic acids is 9. The third-order valence-electron chi connectivity index (χ3n) is 16.0. The van der Waals surface area contributed by atoms with Gasteiger partial charge in [0.05, 0.1) is 41.6 Å². The summed E-state index contributed by atoms with van der Waals surface area (Å²) >= 11 is 0. The van der Waals surface area contributed by atoms with Gasteiger partial charge in [-0.3, -0.25) is 53.4 Å². The van der Waals surface area contributed by atoms with Crippen molar-refractivity contribution in [1.82, 2.24) is 25.0 Å². The van der Waals surface area contributed by atoms with Gasteiger partial charge in [0.25, 0.3) is 23.6 Å². The number of aliphatic hydroxyl groups is 4. The molecule has 32 heteroatoms. The fraction of sp³-hybridized carbons (Fsp3) is 0.452. The Morgan fingerprint density at radius 3 is 2.12 bits per heavy atom. The summed E-state index contributed by atoms with van der Waals surface area (Å²) in [5.74, 6) is -6.20. The number of ether oxygens (including phenoxy) is 5. The molecule has 0 saturated carbocycles. The second kappa shape index (κ2) is 31.1. The molecule has 32 nitrogen and oxygen atoms in total. The van der Waals surface area contributed by atoms with Crippen LogP contribution in [0, 0.1) is 16.0 Å². The number of nitrogens with zero attached hydrogens (tertiary/aromatic N) is 5. The summed E-state index contributed by atoms with van der Waals surface area (Å²) in [6.45, 7) is 4.74. The molecule has 3 aromatic carbocycles. The molecule has 1 unspecified atom stereocenters. The number of aliphatic hydroxyl groups excluding tert-OH is 4. The van der Waals surface area contributed by atoms with E-state index in [1.165, 1.54) is 66.1 Å². The van der Waals surface area contributed by atoms with E-state index in [9.17, 15) is 83.6 Å². The number of nitro groups is 1. The van der Waals surface area contributed by atoms with Gasteiger partial charge in [-0.25, -0.2) is 14.5 Å². The number of nitro benzene ring substituents is 1. The summed E-state index contributed by atoms with van der Waals surface area (Å²) in [5, 5.41) is 77.8. The van der Waals surface area contributed by atoms with Crippen molar-refractivity contribution in [3.8, 4) is 17.2 Å². The molecule has 2 saturated heterocycles. The van der Waals surface area contributed by atoms with Gasteiger partial charge in [0.2, 0.25) is 29.9 Å². The number of fused-ring (bicyclic) bond motifs is 2. The number of carboxylic acid groups (broad SMARTS) is 1. The number of aryl methyl sites for hydroxylation is 1. The van der Waals surface area contributed by atoms with E-state index in [2.05, 4.69) is 26.6 Å². The summed E-state index contributed by atoms with van der Waals surface area (Å²) in [6, 6.07) is 10.7. The van der Waals surface area contributed by atoms with Crippen molar-refractivity contribution < 1.29 is 102 Å². The third kappa shape index (κ3) is 16.8. The van der Waals surface area contributed by atoms with Crippen LogP contribution in [0.3, 0.4) is 0 Å². The summed E-state index contributed by atoms with van der Waals surface area (Å²) in [5.41, 5.74) is 0.259. The molecular formula is C62H74N10O22. The number of benzene rings is 3. The number of imide groups is 1. The van der Waals surface area contributed by atoms with Gasteiger partial charge in [0.15, 0.2) is 29.6 Å². The number of methoxy groups -OCH3 is 1. The first-order valence-corrected chi connectivity index (χ1v) is 30.2. The van der Waals surface area contributed by atoms with E-state index in [0.29, 0.717) is 55.6 Å². The van der Waals surface area contributed by atoms with Gasteiger partial charge in [-0.15, -0.1) is 0 Å². The molecule has 504 valence electrons. The van der Waals surface area contributed by atoms with Crippen molar-refractivity contribution in [2.45, 2.75) is 140 Å². The first-order chi connectivity index (χ1) is 44.7. The number of piperidine rings is 1. The Kier molecular flexibility index (Phi) is 23.1. The Balaban J connectivity index is 0.819. The van der Waals surface area contributed by atoms with Crippen LogP contribution in [0.5, 0.6) is 17.2 Å². The number of amides is 9. The molecule has 10 N–H and O–H groups in total. The Labute approximate surface area is 537 Å². The lowest BCUT2D eigenvalue weighted by Gasteiger charge is -2.38. The standard InChI is InChI=1S/C62H74N10O22/c1-32(2)50(67-47(74)13-7-6-9-24-70-48(75)21-22-49(70)76)57(82)63-33(3)55(80)65-35-16-18-36(19-17-35)66-56(81)42-27-37(30-68(42)4)64-46(73)14-11-25-91-45-29-40-38(28-44(45)90-5)58(83)69-23-10-8-12-39(69)59(84)71(40)62(87)92-31-34-15-20-43(41(26-34)72(88)89)93-61-53(79)51(77)52(78)54(94-61)60(85)86/h15-22,26-30,32-33,39,50-54,59,61,77-79,84H,6-14,23-25,31H2,1-5H3,(H,63,82)(H,64,73)(H,65,80)(H,66,81)(H,67,74)(H,85,86)/t33-,39-,50-,51-,52-,53+,54-,59?,61+/m0/s1. The van der Waals surface area contributed by atoms with Crippen LogP contribution in [-0.2, 0) is 56.7 Å². The molecule has 1 aromatic heterocycles. The highest BCUT2D eigenvalue weighted by Gasteiger charge is 2.49. The minimum absolute atomic E-state index is 0.0119. The molecule has 4 aliphatic heterocycles. The monoisotopic (exact) mass is 1310 g/mol. The van der Waals surface area contributed by atoms with Crippen molar-refractivity contribution in [2.75, 3.05) is 47.7 Å². The van der Waals surface area contributed by atoms with E-state index in [1.54, 1.807) is 45.2 Å². The van der Waals surface area contributed by atoms with Crippen molar-refractivity contribution in [1.29, 1.82) is 0 Å². The molecule has 9 amide bonds. The minimum atomic E-state index is -2.06. The van der Waals surface area contributed by atoms with E-state index in [-0.39, 0.29) is 96.6 Å². The Hall–Kier alpha value is -10.0. The number of aliphatic carboxylic acids is 1. The highest BCUT2D eigenvalue weighted by atomic mass is 16.7.